The minimum absolute atomic E-state index is 0.621. The summed E-state index contributed by atoms with van der Waals surface area (Å²) in [7, 11) is 0. The van der Waals surface area contributed by atoms with E-state index in [4.69, 9.17) is 23.2 Å². The Labute approximate surface area is 70.6 Å². The first-order valence-corrected chi connectivity index (χ1v) is 4.59. The van der Waals surface area contributed by atoms with Gasteiger partial charge >= 0.3 is 0 Å². The lowest BCUT2D eigenvalue weighted by Crippen LogP contribution is -1.88. The van der Waals surface area contributed by atoms with Gasteiger partial charge in [0.25, 0.3) is 0 Å². The third-order valence-corrected chi connectivity index (χ3v) is 2.59. The third-order valence-electron chi connectivity index (χ3n) is 0.673. The van der Waals surface area contributed by atoms with Crippen molar-refractivity contribution in [3.05, 3.63) is 10.6 Å². The van der Waals surface area contributed by atoms with E-state index in [2.05, 4.69) is 13.8 Å². The highest BCUT2D eigenvalue weighted by Crippen LogP contribution is 2.16. The van der Waals surface area contributed by atoms with Crippen molar-refractivity contribution in [1.82, 2.24) is 0 Å². The Morgan fingerprint density at radius 1 is 1.67 bits per heavy atom. The van der Waals surface area contributed by atoms with Crippen LogP contribution >= 0.6 is 35.0 Å². The van der Waals surface area contributed by atoms with Gasteiger partial charge in [-0.25, -0.2) is 0 Å². The zero-order chi connectivity index (χ0) is 7.28. The van der Waals surface area contributed by atoms with Gasteiger partial charge in [0.1, 0.15) is 0 Å². The van der Waals surface area contributed by atoms with Gasteiger partial charge in [0.2, 0.25) is 0 Å². The smallest absolute Gasteiger partial charge is 0.0392 e. The zero-order valence-electron chi connectivity index (χ0n) is 5.53. The van der Waals surface area contributed by atoms with E-state index in [0.717, 1.165) is 10.8 Å². The number of hydrogen-bond donors (Lipinski definition) is 0. The van der Waals surface area contributed by atoms with Crippen LogP contribution in [0, 0.1) is 0 Å². The highest BCUT2D eigenvalue weighted by atomic mass is 35.5. The predicted octanol–water partition coefficient (Wildman–Crippen LogP) is 3.45. The number of halogens is 2. The summed E-state index contributed by atoms with van der Waals surface area (Å²) in [5.41, 5.74) is 1.41. The van der Waals surface area contributed by atoms with Crippen LogP contribution in [0.4, 0.5) is 0 Å². The summed E-state index contributed by atoms with van der Waals surface area (Å²) in [5, 5.41) is 1.34. The van der Waals surface area contributed by atoms with Crippen molar-refractivity contribution in [2.24, 2.45) is 0 Å². The van der Waals surface area contributed by atoms with E-state index >= 15 is 0 Å². The van der Waals surface area contributed by atoms with Gasteiger partial charge in [0, 0.05) is 16.3 Å². The Balaban J connectivity index is 3.28. The van der Waals surface area contributed by atoms with Crippen LogP contribution in [-0.4, -0.2) is 11.0 Å². The van der Waals surface area contributed by atoms with Gasteiger partial charge in [-0.05, 0) is 5.25 Å². The molecule has 0 atom stereocenters. The standard InChI is InChI=1S/C6H10Cl2S/c1-5(2)9-4-6(8)3-7/h3,5H,4H2,1-2H3/b6-3-. The Bertz CT molecular complexity index is 99.2. The molecule has 0 spiro atoms. The van der Waals surface area contributed by atoms with Crippen molar-refractivity contribution in [2.75, 3.05) is 5.75 Å². The fourth-order valence-electron chi connectivity index (χ4n) is 0.278. The molecule has 3 heteroatoms. The summed E-state index contributed by atoms with van der Waals surface area (Å²) in [6, 6.07) is 0. The molecule has 0 rings (SSSR count). The van der Waals surface area contributed by atoms with Crippen LogP contribution in [0.3, 0.4) is 0 Å². The highest BCUT2D eigenvalue weighted by molar-refractivity contribution is 8.00. The normalized spacial score (nSPS) is 12.8. The molecule has 0 bridgehead atoms. The second-order valence-electron chi connectivity index (χ2n) is 1.92. The van der Waals surface area contributed by atoms with E-state index in [-0.39, 0.29) is 0 Å². The van der Waals surface area contributed by atoms with Gasteiger partial charge in [-0.3, -0.25) is 0 Å². The van der Waals surface area contributed by atoms with E-state index in [1.165, 1.54) is 5.54 Å². The first kappa shape index (κ1) is 9.67. The first-order valence-electron chi connectivity index (χ1n) is 2.73. The lowest BCUT2D eigenvalue weighted by atomic mass is 10.6. The Morgan fingerprint density at radius 2 is 2.22 bits per heavy atom. The molecule has 0 heterocycles. The molecule has 54 valence electrons. The largest absolute Gasteiger partial charge is 0.153 e. The summed E-state index contributed by atoms with van der Waals surface area (Å²) < 4.78 is 0. The third kappa shape index (κ3) is 6.56. The van der Waals surface area contributed by atoms with Gasteiger partial charge in [-0.2, -0.15) is 11.8 Å². The van der Waals surface area contributed by atoms with Crippen LogP contribution in [0.25, 0.3) is 0 Å². The summed E-state index contributed by atoms with van der Waals surface area (Å²) in [6.45, 7) is 4.26. The van der Waals surface area contributed by atoms with Gasteiger partial charge in [0.05, 0.1) is 0 Å². The average Bonchev–Trinajstić information content (AvgIpc) is 1.83. The second kappa shape index (κ2) is 5.45. The van der Waals surface area contributed by atoms with E-state index in [9.17, 15) is 0 Å². The van der Waals surface area contributed by atoms with E-state index in [1.807, 2.05) is 0 Å². The molecule has 0 fully saturated rings. The fourth-order valence-corrected chi connectivity index (χ4v) is 1.21. The minimum Gasteiger partial charge on any atom is -0.153 e. The molecule has 0 unspecified atom stereocenters. The van der Waals surface area contributed by atoms with Crippen LogP contribution in [0.2, 0.25) is 0 Å². The van der Waals surface area contributed by atoms with Gasteiger partial charge in [-0.15, -0.1) is 0 Å². The fraction of sp³-hybridized carbons (Fsp3) is 0.667. The van der Waals surface area contributed by atoms with Gasteiger partial charge in [0.15, 0.2) is 0 Å². The summed E-state index contributed by atoms with van der Waals surface area (Å²) >= 11 is 12.7. The van der Waals surface area contributed by atoms with Crippen molar-refractivity contribution < 1.29 is 0 Å². The molecule has 0 nitrogen and oxygen atoms in total. The Hall–Kier alpha value is 0.670. The minimum atomic E-state index is 0.621. The van der Waals surface area contributed by atoms with E-state index in [1.54, 1.807) is 11.8 Å². The average molecular weight is 185 g/mol. The molecule has 0 aromatic rings. The van der Waals surface area contributed by atoms with Crippen molar-refractivity contribution in [1.29, 1.82) is 0 Å². The predicted molar refractivity (Wildman–Crippen MR) is 47.4 cm³/mol. The number of rotatable bonds is 3. The van der Waals surface area contributed by atoms with Crippen molar-refractivity contribution >= 4 is 35.0 Å². The maximum atomic E-state index is 5.62. The molecule has 0 aliphatic carbocycles. The molecule has 0 aromatic heterocycles. The molecule has 0 aliphatic heterocycles. The Morgan fingerprint density at radius 3 is 2.56 bits per heavy atom. The monoisotopic (exact) mass is 184 g/mol. The lowest BCUT2D eigenvalue weighted by Gasteiger charge is -2.01. The molecular formula is C6H10Cl2S. The highest BCUT2D eigenvalue weighted by Gasteiger charge is 1.95. The first-order chi connectivity index (χ1) is 4.16. The molecule has 0 aromatic carbocycles. The quantitative estimate of drug-likeness (QED) is 0.648. The second-order valence-corrected chi connectivity index (χ2v) is 4.18. The zero-order valence-corrected chi connectivity index (χ0v) is 7.85. The van der Waals surface area contributed by atoms with Crippen molar-refractivity contribution in [2.45, 2.75) is 19.1 Å². The summed E-state index contributed by atoms with van der Waals surface area (Å²) in [5.74, 6) is 0.822. The van der Waals surface area contributed by atoms with E-state index in [0.29, 0.717) is 5.25 Å². The lowest BCUT2D eigenvalue weighted by molar-refractivity contribution is 1.11. The van der Waals surface area contributed by atoms with Crippen molar-refractivity contribution in [3.8, 4) is 0 Å². The van der Waals surface area contributed by atoms with Gasteiger partial charge < -0.3 is 0 Å². The molecule has 0 saturated heterocycles. The van der Waals surface area contributed by atoms with Gasteiger partial charge in [-0.1, -0.05) is 37.0 Å². The maximum Gasteiger partial charge on any atom is 0.0392 e. The van der Waals surface area contributed by atoms with Crippen LogP contribution in [0.1, 0.15) is 13.8 Å². The van der Waals surface area contributed by atoms with Crippen molar-refractivity contribution in [3.63, 3.8) is 0 Å². The topological polar surface area (TPSA) is 0 Å². The molecule has 0 N–H and O–H groups in total. The molecule has 0 aliphatic rings. The summed E-state index contributed by atoms with van der Waals surface area (Å²) in [4.78, 5) is 0. The summed E-state index contributed by atoms with van der Waals surface area (Å²) in [6.07, 6.45) is 0. The van der Waals surface area contributed by atoms with Crippen LogP contribution < -0.4 is 0 Å². The van der Waals surface area contributed by atoms with Crippen LogP contribution in [0.15, 0.2) is 10.6 Å². The van der Waals surface area contributed by atoms with E-state index < -0.39 is 0 Å². The SMILES string of the molecule is CC(C)SC/C(Cl)=C/Cl. The molecule has 0 radical (unpaired) electrons. The molecule has 0 saturated carbocycles. The number of hydrogen-bond acceptors (Lipinski definition) is 1. The maximum absolute atomic E-state index is 5.62. The molecule has 0 amide bonds. The number of thioether (sulfide) groups is 1. The van der Waals surface area contributed by atoms with Crippen LogP contribution in [0.5, 0.6) is 0 Å². The molecule has 9 heavy (non-hydrogen) atoms. The van der Waals surface area contributed by atoms with Crippen LogP contribution in [-0.2, 0) is 0 Å². The Kier molecular flexibility index (Phi) is 5.86. The molecular weight excluding hydrogens is 175 g/mol.